The van der Waals surface area contributed by atoms with Crippen molar-refractivity contribution in [2.24, 2.45) is 0 Å². The molecule has 0 fully saturated rings. The van der Waals surface area contributed by atoms with Gasteiger partial charge in [-0.25, -0.2) is 0 Å². The van der Waals surface area contributed by atoms with Gasteiger partial charge in [0.05, 0.1) is 5.54 Å². The largest absolute Gasteiger partial charge is 0.511 e. The Kier molecular flexibility index (Phi) is 13.5. The average molecular weight is 365 g/mol. The molecular weight excluding hydrogens is 328 g/mol. The van der Waals surface area contributed by atoms with Gasteiger partial charge in [0.2, 0.25) is 0 Å². The van der Waals surface area contributed by atoms with Crippen molar-refractivity contribution in [3.05, 3.63) is 0 Å². The van der Waals surface area contributed by atoms with Crippen LogP contribution in [-0.2, 0) is 18.1 Å². The molecule has 0 aliphatic rings. The number of ketones is 1. The number of Topliss-reactive ketones (excluding diaryl/α,β-unsaturated/α-hetero) is 1. The van der Waals surface area contributed by atoms with E-state index in [1.54, 1.807) is 0 Å². The van der Waals surface area contributed by atoms with Crippen LogP contribution in [0.5, 0.6) is 0 Å². The second-order valence-electron chi connectivity index (χ2n) is 5.66. The molecule has 0 spiro atoms. The summed E-state index contributed by atoms with van der Waals surface area (Å²) in [6, 6.07) is 0. The SMILES string of the molecule is CCCCC(S)CCC(=O)C(CC)[Si](OCC)(OCC)OCC. The molecule has 0 heterocycles. The lowest BCUT2D eigenvalue weighted by molar-refractivity contribution is -0.120. The highest BCUT2D eigenvalue weighted by Crippen LogP contribution is 2.32. The molecule has 0 aliphatic carbocycles. The van der Waals surface area contributed by atoms with Crippen molar-refractivity contribution in [3.63, 3.8) is 0 Å². The fraction of sp³-hybridized carbons (Fsp3) is 0.941. The summed E-state index contributed by atoms with van der Waals surface area (Å²) in [6.07, 6.45) is 5.42. The van der Waals surface area contributed by atoms with E-state index in [0.717, 1.165) is 25.7 Å². The Morgan fingerprint density at radius 2 is 1.48 bits per heavy atom. The van der Waals surface area contributed by atoms with Gasteiger partial charge in [-0.3, -0.25) is 4.79 Å². The molecule has 0 aromatic rings. The first-order valence-electron chi connectivity index (χ1n) is 9.13. The van der Waals surface area contributed by atoms with Crippen LogP contribution in [0.4, 0.5) is 0 Å². The highest BCUT2D eigenvalue weighted by Gasteiger charge is 2.51. The molecule has 0 N–H and O–H groups in total. The Bertz CT molecular complexity index is 298. The summed E-state index contributed by atoms with van der Waals surface area (Å²) >= 11 is 4.60. The van der Waals surface area contributed by atoms with Crippen molar-refractivity contribution in [2.45, 2.75) is 83.9 Å². The minimum Gasteiger partial charge on any atom is -0.373 e. The van der Waals surface area contributed by atoms with Crippen molar-refractivity contribution >= 4 is 27.2 Å². The maximum absolute atomic E-state index is 12.8. The van der Waals surface area contributed by atoms with Gasteiger partial charge in [-0.15, -0.1) is 0 Å². The second kappa shape index (κ2) is 13.4. The molecule has 2 unspecified atom stereocenters. The zero-order valence-electron chi connectivity index (χ0n) is 15.6. The molecule has 0 aromatic carbocycles. The number of thiol groups is 1. The Morgan fingerprint density at radius 1 is 0.957 bits per heavy atom. The lowest BCUT2D eigenvalue weighted by atomic mass is 10.1. The van der Waals surface area contributed by atoms with Gasteiger partial charge in [0.1, 0.15) is 5.78 Å². The number of carbonyl (C=O) groups is 1. The molecule has 0 bridgehead atoms. The van der Waals surface area contributed by atoms with E-state index in [2.05, 4.69) is 19.6 Å². The summed E-state index contributed by atoms with van der Waals surface area (Å²) < 4.78 is 17.7. The molecule has 0 amide bonds. The van der Waals surface area contributed by atoms with E-state index in [-0.39, 0.29) is 11.3 Å². The highest BCUT2D eigenvalue weighted by molar-refractivity contribution is 7.80. The minimum atomic E-state index is -2.96. The van der Waals surface area contributed by atoms with Crippen LogP contribution in [0.2, 0.25) is 5.54 Å². The lowest BCUT2D eigenvalue weighted by Gasteiger charge is -2.34. The number of carbonyl (C=O) groups excluding carboxylic acids is 1. The van der Waals surface area contributed by atoms with Gasteiger partial charge in [-0.05, 0) is 40.0 Å². The molecular formula is C17H36O4SSi. The van der Waals surface area contributed by atoms with Gasteiger partial charge >= 0.3 is 8.80 Å². The molecule has 0 saturated heterocycles. The Hall–Kier alpha value is 0.117. The van der Waals surface area contributed by atoms with Crippen LogP contribution in [0, 0.1) is 0 Å². The first kappa shape index (κ1) is 23.1. The van der Waals surface area contributed by atoms with Crippen LogP contribution in [0.25, 0.3) is 0 Å². The molecule has 0 rings (SSSR count). The number of rotatable bonds is 15. The van der Waals surface area contributed by atoms with E-state index in [4.69, 9.17) is 13.3 Å². The Labute approximate surface area is 149 Å². The third-order valence-electron chi connectivity index (χ3n) is 3.88. The third kappa shape index (κ3) is 8.16. The first-order valence-corrected chi connectivity index (χ1v) is 11.5. The summed E-state index contributed by atoms with van der Waals surface area (Å²) in [6.45, 7) is 11.5. The third-order valence-corrected chi connectivity index (χ3v) is 8.05. The maximum Gasteiger partial charge on any atom is 0.511 e. The van der Waals surface area contributed by atoms with Gasteiger partial charge < -0.3 is 13.3 Å². The Balaban J connectivity index is 4.90. The van der Waals surface area contributed by atoms with Crippen molar-refractivity contribution in [1.82, 2.24) is 0 Å². The molecule has 4 nitrogen and oxygen atoms in total. The molecule has 138 valence electrons. The molecule has 0 saturated carbocycles. The van der Waals surface area contributed by atoms with Crippen molar-refractivity contribution in [1.29, 1.82) is 0 Å². The zero-order chi connectivity index (χ0) is 17.7. The van der Waals surface area contributed by atoms with Crippen molar-refractivity contribution in [2.75, 3.05) is 19.8 Å². The maximum atomic E-state index is 12.8. The first-order chi connectivity index (χ1) is 11.0. The summed E-state index contributed by atoms with van der Waals surface area (Å²) in [4.78, 5) is 12.8. The summed E-state index contributed by atoms with van der Waals surface area (Å²) in [7, 11) is -2.96. The summed E-state index contributed by atoms with van der Waals surface area (Å²) in [5, 5.41) is 0.291. The van der Waals surface area contributed by atoms with E-state index in [9.17, 15) is 4.79 Å². The van der Waals surface area contributed by atoms with Gasteiger partial charge in [0.15, 0.2) is 0 Å². The normalized spacial score (nSPS) is 14.7. The molecule has 0 aromatic heterocycles. The van der Waals surface area contributed by atoms with E-state index < -0.39 is 8.80 Å². The standard InChI is InChI=1S/C17H36O4SSi/c1-6-11-12-15(22)13-14-16(18)17(7-2)23(19-8-3,20-9-4)21-10-5/h15,17,22H,6-14H2,1-5H3. The molecule has 23 heavy (non-hydrogen) atoms. The molecule has 6 heteroatoms. The van der Waals surface area contributed by atoms with Gasteiger partial charge in [-0.2, -0.15) is 12.6 Å². The number of hydrogen-bond donors (Lipinski definition) is 1. The van der Waals surface area contributed by atoms with Crippen molar-refractivity contribution in [3.8, 4) is 0 Å². The fourth-order valence-corrected chi connectivity index (χ4v) is 6.18. The molecule has 0 aliphatic heterocycles. The van der Waals surface area contributed by atoms with Crippen LogP contribution in [0.15, 0.2) is 0 Å². The number of hydrogen-bond acceptors (Lipinski definition) is 5. The zero-order valence-corrected chi connectivity index (χ0v) is 17.5. The fourth-order valence-electron chi connectivity index (χ4n) is 2.77. The van der Waals surface area contributed by atoms with E-state index in [0.29, 0.717) is 37.9 Å². The van der Waals surface area contributed by atoms with E-state index in [1.165, 1.54) is 0 Å². The van der Waals surface area contributed by atoms with Gasteiger partial charge in [-0.1, -0.05) is 26.7 Å². The molecule has 0 radical (unpaired) electrons. The Morgan fingerprint density at radius 3 is 1.87 bits per heavy atom. The minimum absolute atomic E-state index is 0.199. The second-order valence-corrected chi connectivity index (χ2v) is 9.16. The number of unbranched alkanes of at least 4 members (excludes halogenated alkanes) is 1. The van der Waals surface area contributed by atoms with E-state index >= 15 is 0 Å². The monoisotopic (exact) mass is 364 g/mol. The van der Waals surface area contributed by atoms with Crippen LogP contribution >= 0.6 is 12.6 Å². The quantitative estimate of drug-likeness (QED) is 0.339. The smallest absolute Gasteiger partial charge is 0.373 e. The van der Waals surface area contributed by atoms with Gasteiger partial charge in [0, 0.05) is 31.5 Å². The van der Waals surface area contributed by atoms with Crippen LogP contribution in [-0.4, -0.2) is 39.7 Å². The lowest BCUT2D eigenvalue weighted by Crippen LogP contribution is -2.52. The van der Waals surface area contributed by atoms with Crippen LogP contribution < -0.4 is 0 Å². The van der Waals surface area contributed by atoms with E-state index in [1.807, 2.05) is 27.7 Å². The topological polar surface area (TPSA) is 44.8 Å². The summed E-state index contributed by atoms with van der Waals surface area (Å²) in [5.74, 6) is 0.199. The van der Waals surface area contributed by atoms with Crippen LogP contribution in [0.1, 0.15) is 73.1 Å². The predicted octanol–water partition coefficient (Wildman–Crippen LogP) is 4.65. The van der Waals surface area contributed by atoms with Crippen LogP contribution in [0.3, 0.4) is 0 Å². The average Bonchev–Trinajstić information content (AvgIpc) is 2.52. The predicted molar refractivity (Wildman–Crippen MR) is 101 cm³/mol. The molecule has 2 atom stereocenters. The highest BCUT2D eigenvalue weighted by atomic mass is 32.1. The summed E-state index contributed by atoms with van der Waals surface area (Å²) in [5.41, 5.74) is -0.269. The van der Waals surface area contributed by atoms with Gasteiger partial charge in [0.25, 0.3) is 0 Å². The van der Waals surface area contributed by atoms with Crippen molar-refractivity contribution < 1.29 is 18.1 Å².